The zero-order valence-electron chi connectivity index (χ0n) is 19.9. The lowest BCUT2D eigenvalue weighted by atomic mass is 10.2. The first-order chi connectivity index (χ1) is 16.8. The molecule has 182 valence electrons. The average Bonchev–Trinajstić information content (AvgIpc) is 3.14. The Balaban J connectivity index is 1.71. The molecule has 0 saturated heterocycles. The lowest BCUT2D eigenvalue weighted by molar-refractivity contribution is -0.121. The zero-order valence-corrected chi connectivity index (χ0v) is 19.9. The van der Waals surface area contributed by atoms with Crippen LogP contribution in [0.2, 0.25) is 0 Å². The summed E-state index contributed by atoms with van der Waals surface area (Å²) in [5.74, 6) is -0.236. The first-order valence-corrected chi connectivity index (χ1v) is 11.5. The van der Waals surface area contributed by atoms with E-state index >= 15 is 0 Å². The average molecular weight is 477 g/mol. The summed E-state index contributed by atoms with van der Waals surface area (Å²) in [6.07, 6.45) is 0.0510. The standard InChI is InChI=1S/C25H28N6O4/c1-16(2)14-26-21(32)12-13-29-23(34)18-9-5-7-11-20(18)31-24(29)28-30(25(31)35)15-22(33)27-19-10-6-4-8-17(19)3/h4-11,16H,12-15H2,1-3H3,(H,26,32)(H,27,33). The van der Waals surface area contributed by atoms with Crippen LogP contribution in [0.5, 0.6) is 0 Å². The number of anilines is 1. The van der Waals surface area contributed by atoms with Crippen molar-refractivity contribution in [2.24, 2.45) is 5.92 Å². The van der Waals surface area contributed by atoms with Gasteiger partial charge in [-0.2, -0.15) is 0 Å². The number of fused-ring (bicyclic) bond motifs is 3. The topological polar surface area (TPSA) is 120 Å². The second-order valence-corrected chi connectivity index (χ2v) is 8.86. The van der Waals surface area contributed by atoms with Crippen molar-refractivity contribution in [3.05, 3.63) is 74.9 Å². The first-order valence-electron chi connectivity index (χ1n) is 11.5. The molecule has 0 fully saturated rings. The molecule has 0 unspecified atom stereocenters. The highest BCUT2D eigenvalue weighted by atomic mass is 16.2. The van der Waals surface area contributed by atoms with Gasteiger partial charge in [-0.05, 0) is 36.6 Å². The van der Waals surface area contributed by atoms with Gasteiger partial charge in [0.25, 0.3) is 5.56 Å². The van der Waals surface area contributed by atoms with E-state index < -0.39 is 11.6 Å². The van der Waals surface area contributed by atoms with Crippen LogP contribution in [0, 0.1) is 12.8 Å². The van der Waals surface area contributed by atoms with E-state index in [0.29, 0.717) is 29.1 Å². The number of benzene rings is 2. The third-order valence-electron chi connectivity index (χ3n) is 5.67. The second kappa shape index (κ2) is 9.96. The molecule has 4 aromatic rings. The van der Waals surface area contributed by atoms with Crippen LogP contribution in [-0.4, -0.2) is 37.1 Å². The van der Waals surface area contributed by atoms with Crippen molar-refractivity contribution in [2.75, 3.05) is 11.9 Å². The number of aromatic nitrogens is 4. The Bertz CT molecular complexity index is 1530. The Kier molecular flexibility index (Phi) is 6.81. The summed E-state index contributed by atoms with van der Waals surface area (Å²) in [6.45, 7) is 6.10. The highest BCUT2D eigenvalue weighted by Crippen LogP contribution is 2.14. The minimum Gasteiger partial charge on any atom is -0.356 e. The number of rotatable bonds is 8. The van der Waals surface area contributed by atoms with E-state index in [0.717, 1.165) is 10.2 Å². The smallest absolute Gasteiger partial charge is 0.352 e. The lowest BCUT2D eigenvalue weighted by Crippen LogP contribution is -2.31. The molecule has 0 atom stereocenters. The van der Waals surface area contributed by atoms with E-state index in [1.807, 2.05) is 39.0 Å². The van der Waals surface area contributed by atoms with E-state index in [9.17, 15) is 19.2 Å². The molecule has 2 N–H and O–H groups in total. The fraction of sp³-hybridized carbons (Fsp3) is 0.320. The van der Waals surface area contributed by atoms with Gasteiger partial charge in [-0.25, -0.2) is 13.9 Å². The van der Waals surface area contributed by atoms with Gasteiger partial charge in [0.05, 0.1) is 10.9 Å². The molecule has 2 aromatic heterocycles. The van der Waals surface area contributed by atoms with E-state index in [-0.39, 0.29) is 36.8 Å². The van der Waals surface area contributed by atoms with E-state index in [4.69, 9.17) is 0 Å². The summed E-state index contributed by atoms with van der Waals surface area (Å²) < 4.78 is 3.66. The molecule has 35 heavy (non-hydrogen) atoms. The fourth-order valence-corrected chi connectivity index (χ4v) is 3.83. The number of amides is 2. The number of aryl methyl sites for hydroxylation is 2. The highest BCUT2D eigenvalue weighted by molar-refractivity contribution is 5.91. The molecule has 0 aliphatic rings. The molecule has 0 bridgehead atoms. The van der Waals surface area contributed by atoms with E-state index in [1.165, 1.54) is 8.97 Å². The van der Waals surface area contributed by atoms with Crippen LogP contribution in [0.15, 0.2) is 58.1 Å². The molecule has 0 aliphatic carbocycles. The first kappa shape index (κ1) is 23.9. The van der Waals surface area contributed by atoms with Crippen LogP contribution in [0.25, 0.3) is 16.7 Å². The molecular formula is C25H28N6O4. The van der Waals surface area contributed by atoms with Crippen molar-refractivity contribution in [2.45, 2.75) is 40.3 Å². The predicted molar refractivity (Wildman–Crippen MR) is 133 cm³/mol. The maximum Gasteiger partial charge on any atom is 0.352 e. The van der Waals surface area contributed by atoms with Gasteiger partial charge in [0.1, 0.15) is 6.54 Å². The summed E-state index contributed by atoms with van der Waals surface area (Å²) >= 11 is 0. The fourth-order valence-electron chi connectivity index (χ4n) is 3.83. The van der Waals surface area contributed by atoms with Crippen molar-refractivity contribution < 1.29 is 9.59 Å². The van der Waals surface area contributed by atoms with Crippen molar-refractivity contribution in [1.29, 1.82) is 0 Å². The third kappa shape index (κ3) is 5.01. The van der Waals surface area contributed by atoms with Crippen LogP contribution in [0.4, 0.5) is 5.69 Å². The molecule has 0 saturated carbocycles. The monoisotopic (exact) mass is 476 g/mol. The van der Waals surface area contributed by atoms with Gasteiger partial charge in [0, 0.05) is 25.2 Å². The van der Waals surface area contributed by atoms with Crippen molar-refractivity contribution in [3.63, 3.8) is 0 Å². The quantitative estimate of drug-likeness (QED) is 0.403. The predicted octanol–water partition coefficient (Wildman–Crippen LogP) is 1.92. The zero-order chi connectivity index (χ0) is 25.1. The number of hydrogen-bond acceptors (Lipinski definition) is 5. The summed E-state index contributed by atoms with van der Waals surface area (Å²) in [6, 6.07) is 14.0. The van der Waals surface area contributed by atoms with Crippen LogP contribution >= 0.6 is 0 Å². The molecule has 0 radical (unpaired) electrons. The number of para-hydroxylation sites is 2. The molecule has 10 heteroatoms. The minimum absolute atomic E-state index is 0.0446. The van der Waals surface area contributed by atoms with Gasteiger partial charge in [0.2, 0.25) is 17.6 Å². The van der Waals surface area contributed by atoms with Gasteiger partial charge in [-0.1, -0.05) is 44.2 Å². The number of nitrogens with zero attached hydrogens (tertiary/aromatic N) is 4. The molecule has 2 aromatic carbocycles. The van der Waals surface area contributed by atoms with Gasteiger partial charge < -0.3 is 10.6 Å². The summed E-state index contributed by atoms with van der Waals surface area (Å²) in [4.78, 5) is 51.5. The van der Waals surface area contributed by atoms with Crippen LogP contribution in [0.1, 0.15) is 25.8 Å². The maximum atomic E-state index is 13.3. The van der Waals surface area contributed by atoms with Gasteiger partial charge in [-0.3, -0.25) is 19.0 Å². The second-order valence-electron chi connectivity index (χ2n) is 8.86. The summed E-state index contributed by atoms with van der Waals surface area (Å²) in [7, 11) is 0. The Labute approximate surface area is 201 Å². The summed E-state index contributed by atoms with van der Waals surface area (Å²) in [5, 5.41) is 10.3. The number of nitrogens with one attached hydrogen (secondary N) is 2. The number of carbonyl (C=O) groups is 2. The molecule has 4 rings (SSSR count). The molecule has 0 aliphatic heterocycles. The minimum atomic E-state index is -0.547. The molecule has 10 nitrogen and oxygen atoms in total. The maximum absolute atomic E-state index is 13.3. The van der Waals surface area contributed by atoms with Gasteiger partial charge in [-0.15, -0.1) is 5.10 Å². The molecule has 0 spiro atoms. The Morgan fingerprint density at radius 2 is 1.71 bits per heavy atom. The number of hydrogen-bond donors (Lipinski definition) is 2. The highest BCUT2D eigenvalue weighted by Gasteiger charge is 2.19. The normalized spacial score (nSPS) is 11.3. The molecular weight excluding hydrogens is 448 g/mol. The van der Waals surface area contributed by atoms with Crippen LogP contribution in [0.3, 0.4) is 0 Å². The van der Waals surface area contributed by atoms with Crippen molar-refractivity contribution >= 4 is 34.2 Å². The van der Waals surface area contributed by atoms with E-state index in [1.54, 1.807) is 30.3 Å². The SMILES string of the molecule is Cc1ccccc1NC(=O)Cn1nc2n(CCC(=O)NCC(C)C)c(=O)c3ccccc3n2c1=O. The molecule has 2 amide bonds. The summed E-state index contributed by atoms with van der Waals surface area (Å²) in [5.41, 5.74) is 1.02. The lowest BCUT2D eigenvalue weighted by Gasteiger charge is -2.11. The Morgan fingerprint density at radius 3 is 2.46 bits per heavy atom. The van der Waals surface area contributed by atoms with Gasteiger partial charge in [0.15, 0.2) is 0 Å². The van der Waals surface area contributed by atoms with E-state index in [2.05, 4.69) is 15.7 Å². The van der Waals surface area contributed by atoms with Crippen LogP contribution < -0.4 is 21.9 Å². The van der Waals surface area contributed by atoms with Crippen LogP contribution in [-0.2, 0) is 22.7 Å². The molecule has 2 heterocycles. The Hall–Kier alpha value is -4.21. The van der Waals surface area contributed by atoms with Gasteiger partial charge >= 0.3 is 5.69 Å². The van der Waals surface area contributed by atoms with Crippen molar-refractivity contribution in [3.8, 4) is 0 Å². The third-order valence-corrected chi connectivity index (χ3v) is 5.67. The number of carbonyl (C=O) groups excluding carboxylic acids is 2. The van der Waals surface area contributed by atoms with Crippen molar-refractivity contribution in [1.82, 2.24) is 24.1 Å². The largest absolute Gasteiger partial charge is 0.356 e. The Morgan fingerprint density at radius 1 is 1.00 bits per heavy atom.